The molecule has 0 aliphatic carbocycles. The van der Waals surface area contributed by atoms with Gasteiger partial charge in [-0.25, -0.2) is 4.79 Å². The Morgan fingerprint density at radius 3 is 1.24 bits per heavy atom. The van der Waals surface area contributed by atoms with Crippen molar-refractivity contribution in [3.05, 3.63) is 0 Å². The van der Waals surface area contributed by atoms with Crippen molar-refractivity contribution >= 4 is 154 Å². The molecule has 55 nitrogen and oxygen atoms in total. The second-order valence-electron chi connectivity index (χ2n) is 36.9. The first-order valence-corrected chi connectivity index (χ1v) is 49.7. The molecule has 0 aromatic carbocycles. The number of thioether (sulfide) groups is 1. The quantitative estimate of drug-likeness (QED) is 0.0153. The van der Waals surface area contributed by atoms with Gasteiger partial charge in [-0.3, -0.25) is 111 Å². The van der Waals surface area contributed by atoms with E-state index in [0.717, 1.165) is 4.90 Å². The Kier molecular flexibility index (Phi) is 62.2. The number of carboxylic acid groups (broad SMARTS) is 4. The van der Waals surface area contributed by atoms with E-state index in [0.29, 0.717) is 44.4 Å². The zero-order chi connectivity index (χ0) is 110. The molecule has 0 unspecified atom stereocenters. The van der Waals surface area contributed by atoms with E-state index in [9.17, 15) is 136 Å². The molecule has 1 rings (SSSR count). The number of aliphatic hydroxyl groups excluding tert-OH is 2. The molecular weight excluding hydrogens is 1930 g/mol. The van der Waals surface area contributed by atoms with Gasteiger partial charge in [-0.05, 0) is 185 Å². The van der Waals surface area contributed by atoms with Crippen LogP contribution in [0.3, 0.4) is 0 Å². The van der Waals surface area contributed by atoms with Crippen LogP contribution < -0.4 is 130 Å². The van der Waals surface area contributed by atoms with Gasteiger partial charge in [0.15, 0.2) is 5.96 Å². The van der Waals surface area contributed by atoms with E-state index in [1.54, 1.807) is 47.8 Å². The number of nitrogens with zero attached hydrogens (tertiary/aromatic N) is 1. The fourth-order valence-electron chi connectivity index (χ4n) is 14.6. The third-order valence-corrected chi connectivity index (χ3v) is 23.1. The molecule has 1 saturated heterocycles. The summed E-state index contributed by atoms with van der Waals surface area (Å²) in [6.45, 7) is 13.6. The first-order valence-electron chi connectivity index (χ1n) is 48.3. The molecule has 822 valence electrons. The first-order chi connectivity index (χ1) is 68.1. The number of carbonyl (C=O) groups excluding carboxylic acids is 19. The Balaban J connectivity index is 3.25. The summed E-state index contributed by atoms with van der Waals surface area (Å²) in [4.78, 5) is 310. The maximum absolute atomic E-state index is 14.5. The maximum atomic E-state index is 14.5. The standard InChI is InChI=1S/C89H156N26O29S/c1-44(2)35-57(80(135)107-56(88(143)144)26-27-67(121)122)102-66(120)42-99-76(131)62(43-116)112-82(137)60(38-68(123)124)109-84(139)63-25-20-33-115(63)87(142)61(39-69(125)126)111-85(140)70(47(7)8)113-73(128)49(10)101-72(127)48(9)100-65(119)41-97-64(118)40-98-75(130)52(22-14-17-30-91)104-81(136)58(36-45(3)4)110-86(141)71(50(11)117)114-83(138)59(37-46(5)6)108-78(133)53(23-15-18-31-92)105-79(134)55(28-34-145-12)106-77(132)54(24-19-32-96-89(94)95)103-74(129)51(93)21-13-16-29-90/h44-63,70-71,116-117H,13-43,90-93H2,1-12H3,(H,97,118)(H,98,130)(H,99,131)(H,100,119)(H,101,127)(H,102,120)(H,103,129)(H,104,136)(H,105,134)(H,106,132)(H,107,135)(H,108,133)(H,109,139)(H,110,141)(H,111,140)(H,112,137)(H,113,128)(H,114,138)(H,121,122)(H,123,124)(H,125,126)(H,143,144)(H4,94,95,96)/t48-,49-,50+,51-,52-,53-,54-,55-,56-,57-,58-,59-,60-,61-,62-,63-,70-,71-/m0/s1. The van der Waals surface area contributed by atoms with Crippen LogP contribution in [0.1, 0.15) is 211 Å². The van der Waals surface area contributed by atoms with Crippen LogP contribution in [0.4, 0.5) is 0 Å². The number of guanidine groups is 1. The van der Waals surface area contributed by atoms with Crippen molar-refractivity contribution in [3.63, 3.8) is 0 Å². The average Bonchev–Trinajstić information content (AvgIpc) is 1.69. The summed E-state index contributed by atoms with van der Waals surface area (Å²) in [6.07, 6.45) is -0.613. The number of carbonyl (C=O) groups is 23. The minimum atomic E-state index is -2.05. The molecule has 0 aromatic rings. The molecule has 1 aliphatic heterocycles. The first kappa shape index (κ1) is 130. The van der Waals surface area contributed by atoms with Crippen LogP contribution in [-0.2, 0) is 110 Å². The average molecular weight is 2090 g/mol. The lowest BCUT2D eigenvalue weighted by Crippen LogP contribution is -2.62. The van der Waals surface area contributed by atoms with Crippen molar-refractivity contribution in [1.29, 1.82) is 5.41 Å². The number of amides is 19. The molecule has 0 aromatic heterocycles. The second kappa shape index (κ2) is 69.3. The van der Waals surface area contributed by atoms with E-state index >= 15 is 0 Å². The number of aliphatic carboxylic acids is 4. The normalized spacial score (nSPS) is 15.8. The van der Waals surface area contributed by atoms with Crippen LogP contribution in [0.15, 0.2) is 0 Å². The summed E-state index contributed by atoms with van der Waals surface area (Å²) in [5, 5.41) is 113. The third-order valence-electron chi connectivity index (χ3n) is 22.4. The van der Waals surface area contributed by atoms with Crippen LogP contribution in [0.25, 0.3) is 0 Å². The van der Waals surface area contributed by atoms with Gasteiger partial charge >= 0.3 is 23.9 Å². The highest BCUT2D eigenvalue weighted by Gasteiger charge is 2.44. The molecule has 1 heterocycles. The summed E-state index contributed by atoms with van der Waals surface area (Å²) in [6, 6.07) is -26.0. The highest BCUT2D eigenvalue weighted by molar-refractivity contribution is 7.98. The highest BCUT2D eigenvalue weighted by Crippen LogP contribution is 2.22. The summed E-state index contributed by atoms with van der Waals surface area (Å²) in [7, 11) is 0. The molecule has 56 heteroatoms. The predicted molar refractivity (Wildman–Crippen MR) is 524 cm³/mol. The van der Waals surface area contributed by atoms with Crippen LogP contribution in [0, 0.1) is 29.1 Å². The van der Waals surface area contributed by atoms with E-state index in [2.05, 4.69) is 95.7 Å². The van der Waals surface area contributed by atoms with E-state index in [4.69, 9.17) is 39.2 Å². The molecular formula is C89H156N26O29S. The lowest BCUT2D eigenvalue weighted by atomic mass is 9.99. The predicted octanol–water partition coefficient (Wildman–Crippen LogP) is -9.57. The van der Waals surface area contributed by atoms with Crippen molar-refractivity contribution in [3.8, 4) is 0 Å². The molecule has 36 N–H and O–H groups in total. The topological polar surface area (TPSA) is 900 Å². The second-order valence-corrected chi connectivity index (χ2v) is 37.9. The lowest BCUT2D eigenvalue weighted by molar-refractivity contribution is -0.147. The van der Waals surface area contributed by atoms with Crippen molar-refractivity contribution in [2.45, 2.75) is 320 Å². The van der Waals surface area contributed by atoms with Gasteiger partial charge in [0.05, 0.1) is 51.2 Å². The number of likely N-dealkylation sites (tertiary alicyclic amines) is 1. The number of aliphatic hydroxyl groups is 2. The maximum Gasteiger partial charge on any atom is 0.326 e. The summed E-state index contributed by atoms with van der Waals surface area (Å²) in [5.41, 5.74) is 28.8. The van der Waals surface area contributed by atoms with Crippen LogP contribution in [0.2, 0.25) is 0 Å². The molecule has 0 radical (unpaired) electrons. The Morgan fingerprint density at radius 1 is 0.379 bits per heavy atom. The zero-order valence-corrected chi connectivity index (χ0v) is 85.3. The molecule has 18 atom stereocenters. The third kappa shape index (κ3) is 52.0. The Morgan fingerprint density at radius 2 is 0.766 bits per heavy atom. The van der Waals surface area contributed by atoms with Gasteiger partial charge in [0, 0.05) is 19.5 Å². The molecule has 0 saturated carbocycles. The number of nitrogens with two attached hydrogens (primary N) is 5. The monoisotopic (exact) mass is 2090 g/mol. The molecule has 0 spiro atoms. The lowest BCUT2D eigenvalue weighted by Gasteiger charge is -2.31. The molecule has 19 amide bonds. The van der Waals surface area contributed by atoms with Crippen molar-refractivity contribution in [2.24, 2.45) is 52.3 Å². The van der Waals surface area contributed by atoms with E-state index in [-0.39, 0.29) is 127 Å². The number of rotatable bonds is 73. The van der Waals surface area contributed by atoms with Gasteiger partial charge in [-0.1, -0.05) is 61.8 Å². The summed E-state index contributed by atoms with van der Waals surface area (Å²) < 4.78 is 0. The molecule has 145 heavy (non-hydrogen) atoms. The smallest absolute Gasteiger partial charge is 0.326 e. The van der Waals surface area contributed by atoms with Gasteiger partial charge < -0.3 is 165 Å². The number of unbranched alkanes of at least 4 members (excludes halogenated alkanes) is 3. The van der Waals surface area contributed by atoms with Crippen molar-refractivity contribution in [2.75, 3.05) is 71.0 Å². The van der Waals surface area contributed by atoms with E-state index in [1.165, 1.54) is 46.4 Å². The van der Waals surface area contributed by atoms with Crippen molar-refractivity contribution < 1.29 is 141 Å². The number of hydrogen-bond donors (Lipinski definition) is 31. The molecule has 0 bridgehead atoms. The summed E-state index contributed by atoms with van der Waals surface area (Å²) in [5.74, 6) is -26.9. The van der Waals surface area contributed by atoms with Crippen LogP contribution >= 0.6 is 11.8 Å². The van der Waals surface area contributed by atoms with E-state index in [1.807, 2.05) is 5.32 Å². The largest absolute Gasteiger partial charge is 0.481 e. The SMILES string of the molecule is CSCC[C@H](NC(=O)[C@H](CCCNC(=N)N)NC(=O)[C@@H](N)CCCCN)C(=O)N[C@@H](CCCCN)C(=O)N[C@@H](CC(C)C)C(=O)N[C@H](C(=O)N[C@@H](CC(C)C)C(=O)N[C@@H](CCCCN)C(=O)NCC(=O)NCC(=O)N[C@@H](C)C(=O)N[C@@H](C)C(=O)N[C@H](C(=O)N[C@@H](CC(=O)O)C(=O)N1CCC[C@H]1C(=O)N[C@@H](CC(=O)O)C(=O)N[C@@H](CO)C(=O)NCC(=O)N[C@@H](CC(C)C)C(=O)N[C@@H](CCC(=O)O)C(=O)O)C(C)C)[C@@H](C)O. The fourth-order valence-corrected chi connectivity index (χ4v) is 15.0. The fraction of sp³-hybridized carbons (Fsp3) is 0.730. The Hall–Kier alpha value is -12.8. The van der Waals surface area contributed by atoms with Crippen LogP contribution in [-0.4, -0.2) is 357 Å². The minimum Gasteiger partial charge on any atom is -0.481 e. The van der Waals surface area contributed by atoms with Crippen molar-refractivity contribution in [1.82, 2.24) is 106 Å². The van der Waals surface area contributed by atoms with E-state index < -0.39 is 303 Å². The van der Waals surface area contributed by atoms with Crippen LogP contribution in [0.5, 0.6) is 0 Å². The number of nitrogens with one attached hydrogen (secondary N) is 20. The zero-order valence-electron chi connectivity index (χ0n) is 84.4. The number of hydrogen-bond acceptors (Lipinski definition) is 31. The van der Waals surface area contributed by atoms with Gasteiger partial charge in [-0.15, -0.1) is 0 Å². The number of carboxylic acids is 4. The van der Waals surface area contributed by atoms with Gasteiger partial charge in [0.2, 0.25) is 112 Å². The Bertz CT molecular complexity index is 4340. The van der Waals surface area contributed by atoms with Gasteiger partial charge in [-0.2, -0.15) is 11.8 Å². The highest BCUT2D eigenvalue weighted by atomic mass is 32.2. The van der Waals surface area contributed by atoms with Gasteiger partial charge in [0.1, 0.15) is 96.7 Å². The molecule has 1 aliphatic rings. The minimum absolute atomic E-state index is 0.00521. The molecule has 1 fully saturated rings. The summed E-state index contributed by atoms with van der Waals surface area (Å²) >= 11 is 1.36. The van der Waals surface area contributed by atoms with Gasteiger partial charge in [0.25, 0.3) is 0 Å². The Labute approximate surface area is 845 Å².